The number of methoxy groups -OCH3 is 1. The van der Waals surface area contributed by atoms with Crippen LogP contribution in [0.5, 0.6) is 5.88 Å². The fraction of sp³-hybridized carbons (Fsp3) is 0.455. The first-order valence-electron chi connectivity index (χ1n) is 10.3. The number of pyridine rings is 1. The van der Waals surface area contributed by atoms with Crippen LogP contribution in [0.2, 0.25) is 0 Å². The second kappa shape index (κ2) is 8.42. The van der Waals surface area contributed by atoms with Gasteiger partial charge in [0, 0.05) is 24.4 Å². The van der Waals surface area contributed by atoms with Crippen molar-refractivity contribution in [2.45, 2.75) is 49.9 Å². The Labute approximate surface area is 189 Å². The summed E-state index contributed by atoms with van der Waals surface area (Å²) in [5.41, 5.74) is -4.44. The maximum Gasteiger partial charge on any atom is 0.416 e. The Morgan fingerprint density at radius 3 is 2.32 bits per heavy atom. The van der Waals surface area contributed by atoms with E-state index < -0.39 is 58.8 Å². The fourth-order valence-electron chi connectivity index (χ4n) is 4.58. The van der Waals surface area contributed by atoms with E-state index >= 15 is 0 Å². The third-order valence-corrected chi connectivity index (χ3v) is 6.23. The molecule has 0 spiro atoms. The molecular weight excluding hydrogens is 470 g/mol. The van der Waals surface area contributed by atoms with E-state index in [9.17, 15) is 36.2 Å². The highest BCUT2D eigenvalue weighted by atomic mass is 19.4. The van der Waals surface area contributed by atoms with Crippen molar-refractivity contribution in [1.29, 1.82) is 0 Å². The summed E-state index contributed by atoms with van der Waals surface area (Å²) in [5, 5.41) is 12.3. The number of ether oxygens (including phenoxy) is 2. The fourth-order valence-corrected chi connectivity index (χ4v) is 4.58. The number of hydrogen-bond acceptors (Lipinski definition) is 5. The summed E-state index contributed by atoms with van der Waals surface area (Å²) < 4.78 is 90.2. The molecule has 0 saturated carbocycles. The van der Waals surface area contributed by atoms with Gasteiger partial charge in [-0.1, -0.05) is 0 Å². The summed E-state index contributed by atoms with van der Waals surface area (Å²) in [4.78, 5) is 17.4. The first-order valence-corrected chi connectivity index (χ1v) is 10.3. The average molecular weight is 490 g/mol. The smallest absolute Gasteiger partial charge is 0.416 e. The molecule has 34 heavy (non-hydrogen) atoms. The molecule has 0 aliphatic carbocycles. The van der Waals surface area contributed by atoms with Crippen LogP contribution in [0, 0.1) is 5.41 Å². The molecular formula is C22H20F6N2O4. The normalized spacial score (nSPS) is 26.5. The number of anilines is 1. The van der Waals surface area contributed by atoms with Crippen molar-refractivity contribution in [2.75, 3.05) is 12.4 Å². The molecule has 12 heteroatoms. The van der Waals surface area contributed by atoms with Crippen LogP contribution in [0.3, 0.4) is 0 Å². The third kappa shape index (κ3) is 4.56. The lowest BCUT2D eigenvalue weighted by atomic mass is 9.68. The van der Waals surface area contributed by atoms with E-state index in [0.29, 0.717) is 17.7 Å². The first-order chi connectivity index (χ1) is 15.8. The second-order valence-electron chi connectivity index (χ2n) is 8.46. The minimum Gasteiger partial charge on any atom is -0.481 e. The molecule has 1 aromatic carbocycles. The summed E-state index contributed by atoms with van der Waals surface area (Å²) in [6, 6.07) is 4.10. The highest BCUT2D eigenvalue weighted by Gasteiger charge is 2.60. The summed E-state index contributed by atoms with van der Waals surface area (Å²) in [7, 11) is 1.40. The quantitative estimate of drug-likeness (QED) is 0.614. The molecule has 6 nitrogen and oxygen atoms in total. The average Bonchev–Trinajstić information content (AvgIpc) is 3.29. The maximum absolute atomic E-state index is 13.4. The van der Waals surface area contributed by atoms with Crippen LogP contribution in [-0.2, 0) is 28.3 Å². The first kappa shape index (κ1) is 24.3. The predicted octanol–water partition coefficient (Wildman–Crippen LogP) is 4.22. The third-order valence-electron chi connectivity index (χ3n) is 6.23. The van der Waals surface area contributed by atoms with Crippen LogP contribution in [0.4, 0.5) is 32.0 Å². The van der Waals surface area contributed by atoms with Gasteiger partial charge in [0.15, 0.2) is 0 Å². The van der Waals surface area contributed by atoms with E-state index in [2.05, 4.69) is 10.3 Å². The van der Waals surface area contributed by atoms with E-state index in [-0.39, 0.29) is 31.2 Å². The maximum atomic E-state index is 13.4. The standard InChI is InChI=1S/C22H20F6N2O4/c1-33-18-4-11(2-3-29-18)9-20(10-16-15(31)8-17(20)34-16)19(32)30-14-6-12(21(23,24)25)5-13(7-14)22(26,27)28/h2-7,15-17,31H,8-10H2,1H3,(H,30,32)/t15-,16+,17+,20-/m0/s1. The summed E-state index contributed by atoms with van der Waals surface area (Å²) >= 11 is 0. The zero-order chi connectivity index (χ0) is 24.9. The lowest BCUT2D eigenvalue weighted by molar-refractivity contribution is -0.143. The number of nitrogens with zero attached hydrogens (tertiary/aromatic N) is 1. The zero-order valence-corrected chi connectivity index (χ0v) is 17.7. The van der Waals surface area contributed by atoms with Crippen LogP contribution in [0.15, 0.2) is 36.5 Å². The number of aromatic nitrogens is 1. The molecule has 4 rings (SSSR count). The van der Waals surface area contributed by atoms with Gasteiger partial charge in [0.05, 0.1) is 42.0 Å². The summed E-state index contributed by atoms with van der Waals surface area (Å²) in [6.45, 7) is 0. The Balaban J connectivity index is 1.70. The number of benzene rings is 1. The van der Waals surface area contributed by atoms with E-state index in [1.54, 1.807) is 12.1 Å². The molecule has 0 unspecified atom stereocenters. The van der Waals surface area contributed by atoms with Crippen LogP contribution in [-0.4, -0.2) is 41.4 Å². The largest absolute Gasteiger partial charge is 0.481 e. The van der Waals surface area contributed by atoms with Crippen molar-refractivity contribution in [3.05, 3.63) is 53.2 Å². The molecule has 2 aliphatic heterocycles. The number of fused-ring (bicyclic) bond motifs is 2. The topological polar surface area (TPSA) is 80.7 Å². The Morgan fingerprint density at radius 1 is 1.18 bits per heavy atom. The molecule has 1 aromatic heterocycles. The number of halogens is 6. The van der Waals surface area contributed by atoms with Gasteiger partial charge in [-0.3, -0.25) is 4.79 Å². The van der Waals surface area contributed by atoms with Crippen molar-refractivity contribution in [2.24, 2.45) is 5.41 Å². The van der Waals surface area contributed by atoms with Crippen molar-refractivity contribution < 1.29 is 45.7 Å². The molecule has 1 amide bonds. The van der Waals surface area contributed by atoms with Gasteiger partial charge < -0.3 is 19.9 Å². The Morgan fingerprint density at radius 2 is 1.82 bits per heavy atom. The van der Waals surface area contributed by atoms with Crippen molar-refractivity contribution >= 4 is 11.6 Å². The molecule has 2 aliphatic rings. The van der Waals surface area contributed by atoms with Crippen molar-refractivity contribution in [3.63, 3.8) is 0 Å². The summed E-state index contributed by atoms with van der Waals surface area (Å²) in [5.74, 6) is -0.528. The molecule has 2 N–H and O–H groups in total. The molecule has 2 saturated heterocycles. The van der Waals surface area contributed by atoms with Gasteiger partial charge in [-0.15, -0.1) is 0 Å². The van der Waals surface area contributed by atoms with Crippen LogP contribution in [0.25, 0.3) is 0 Å². The molecule has 4 atom stereocenters. The van der Waals surface area contributed by atoms with Gasteiger partial charge in [0.1, 0.15) is 0 Å². The van der Waals surface area contributed by atoms with Crippen molar-refractivity contribution in [1.82, 2.24) is 4.98 Å². The number of hydrogen-bond donors (Lipinski definition) is 2. The van der Waals surface area contributed by atoms with E-state index in [1.807, 2.05) is 0 Å². The molecule has 184 valence electrons. The SMILES string of the molecule is COc1cc(C[C@]2(C(=O)Nc3cc(C(F)(F)F)cc(C(F)(F)F)c3)C[C@H]3O[C@@H]2C[C@@H]3O)ccn1. The van der Waals surface area contributed by atoms with Crippen LogP contribution < -0.4 is 10.1 Å². The Bertz CT molecular complexity index is 1060. The van der Waals surface area contributed by atoms with Crippen LogP contribution >= 0.6 is 0 Å². The van der Waals surface area contributed by atoms with E-state index in [4.69, 9.17) is 9.47 Å². The lowest BCUT2D eigenvalue weighted by Gasteiger charge is -2.35. The molecule has 2 aromatic rings. The Kier molecular flexibility index (Phi) is 6.01. The van der Waals surface area contributed by atoms with E-state index in [0.717, 1.165) is 0 Å². The minimum absolute atomic E-state index is 0.00826. The number of aliphatic hydroxyl groups excluding tert-OH is 1. The second-order valence-corrected chi connectivity index (χ2v) is 8.46. The monoisotopic (exact) mass is 490 g/mol. The highest BCUT2D eigenvalue weighted by molar-refractivity contribution is 5.96. The van der Waals surface area contributed by atoms with Gasteiger partial charge in [0.25, 0.3) is 0 Å². The van der Waals surface area contributed by atoms with Gasteiger partial charge >= 0.3 is 12.4 Å². The molecule has 3 heterocycles. The zero-order valence-electron chi connectivity index (χ0n) is 17.7. The number of amides is 1. The van der Waals surface area contributed by atoms with Gasteiger partial charge in [-0.25, -0.2) is 4.98 Å². The highest BCUT2D eigenvalue weighted by Crippen LogP contribution is 2.50. The number of carbonyl (C=O) groups excluding carboxylic acids is 1. The number of rotatable bonds is 5. The minimum atomic E-state index is -5.05. The van der Waals surface area contributed by atoms with Gasteiger partial charge in [0.2, 0.25) is 11.8 Å². The predicted molar refractivity (Wildman–Crippen MR) is 106 cm³/mol. The number of alkyl halides is 6. The molecule has 2 fully saturated rings. The van der Waals surface area contributed by atoms with Crippen molar-refractivity contribution in [3.8, 4) is 5.88 Å². The number of nitrogens with one attached hydrogen (secondary N) is 1. The van der Waals surface area contributed by atoms with E-state index in [1.165, 1.54) is 13.3 Å². The van der Waals surface area contributed by atoms with Gasteiger partial charge in [-0.2, -0.15) is 26.3 Å². The van der Waals surface area contributed by atoms with Crippen LogP contribution in [0.1, 0.15) is 29.5 Å². The number of carbonyl (C=O) groups is 1. The molecule has 0 radical (unpaired) electrons. The Hall–Kier alpha value is -2.86. The van der Waals surface area contributed by atoms with Gasteiger partial charge in [-0.05, 0) is 42.7 Å². The lowest BCUT2D eigenvalue weighted by Crippen LogP contribution is -2.48. The molecule has 2 bridgehead atoms. The summed E-state index contributed by atoms with van der Waals surface area (Å²) in [6.07, 6.45) is -10.7. The number of aliphatic hydroxyl groups is 1.